The Bertz CT molecular complexity index is 212. The molecule has 2 unspecified atom stereocenters. The third kappa shape index (κ3) is 4.42. The van der Waals surface area contributed by atoms with Crippen molar-refractivity contribution in [1.82, 2.24) is 10.2 Å². The molecular weight excluding hydrogens is 200 g/mol. The second-order valence-electron chi connectivity index (χ2n) is 5.15. The minimum Gasteiger partial charge on any atom is -0.336 e. The predicted octanol–water partition coefficient (Wildman–Crippen LogP) is 3.01. The van der Waals surface area contributed by atoms with Crippen LogP contribution in [0.4, 0.5) is 4.79 Å². The van der Waals surface area contributed by atoms with Crippen LogP contribution in [0.2, 0.25) is 0 Å². The van der Waals surface area contributed by atoms with E-state index in [2.05, 4.69) is 26.1 Å². The fourth-order valence-corrected chi connectivity index (χ4v) is 2.23. The Labute approximate surface area is 99.6 Å². The summed E-state index contributed by atoms with van der Waals surface area (Å²) in [4.78, 5) is 13.8. The Kier molecular flexibility index (Phi) is 5.64. The van der Waals surface area contributed by atoms with Crippen LogP contribution in [0, 0.1) is 5.92 Å². The molecule has 16 heavy (non-hydrogen) atoms. The summed E-state index contributed by atoms with van der Waals surface area (Å²) in [7, 11) is 0. The summed E-state index contributed by atoms with van der Waals surface area (Å²) in [5, 5.41) is 3.10. The number of carbonyl (C=O) groups excluding carboxylic acids is 1. The Morgan fingerprint density at radius 1 is 1.25 bits per heavy atom. The first-order chi connectivity index (χ1) is 7.63. The summed E-state index contributed by atoms with van der Waals surface area (Å²) in [5.74, 6) is 0.691. The van der Waals surface area contributed by atoms with Crippen molar-refractivity contribution in [3.8, 4) is 0 Å². The number of nitrogens with one attached hydrogen (secondary N) is 1. The molecule has 1 fully saturated rings. The quantitative estimate of drug-likeness (QED) is 0.785. The van der Waals surface area contributed by atoms with E-state index in [4.69, 9.17) is 0 Å². The molecule has 1 rings (SSSR count). The van der Waals surface area contributed by atoms with E-state index >= 15 is 0 Å². The van der Waals surface area contributed by atoms with Crippen LogP contribution in [0.15, 0.2) is 0 Å². The maximum atomic E-state index is 11.9. The standard InChI is InChI=1S/C13H26N2O/c1-4-11(2)10-12(3)14-13(16)15-8-6-5-7-9-15/h11-12H,4-10H2,1-3H3,(H,14,16). The Morgan fingerprint density at radius 3 is 2.44 bits per heavy atom. The molecule has 0 spiro atoms. The molecule has 0 aromatic heterocycles. The maximum absolute atomic E-state index is 11.9. The number of nitrogens with zero attached hydrogens (tertiary/aromatic N) is 1. The summed E-state index contributed by atoms with van der Waals surface area (Å²) < 4.78 is 0. The zero-order valence-corrected chi connectivity index (χ0v) is 11.0. The highest BCUT2D eigenvalue weighted by atomic mass is 16.2. The zero-order valence-electron chi connectivity index (χ0n) is 11.0. The van der Waals surface area contributed by atoms with Crippen LogP contribution in [0.1, 0.15) is 52.9 Å². The number of rotatable bonds is 4. The minimum absolute atomic E-state index is 0.135. The zero-order chi connectivity index (χ0) is 12.0. The van der Waals surface area contributed by atoms with Gasteiger partial charge in [0.25, 0.3) is 0 Å². The van der Waals surface area contributed by atoms with Gasteiger partial charge in [0.1, 0.15) is 0 Å². The number of piperidine rings is 1. The van der Waals surface area contributed by atoms with Crippen molar-refractivity contribution in [2.75, 3.05) is 13.1 Å². The summed E-state index contributed by atoms with van der Waals surface area (Å²) >= 11 is 0. The predicted molar refractivity (Wildman–Crippen MR) is 67.5 cm³/mol. The van der Waals surface area contributed by atoms with Crippen LogP contribution >= 0.6 is 0 Å². The third-order valence-electron chi connectivity index (χ3n) is 3.47. The fraction of sp³-hybridized carbons (Fsp3) is 0.923. The van der Waals surface area contributed by atoms with Gasteiger partial charge in [-0.2, -0.15) is 0 Å². The van der Waals surface area contributed by atoms with Gasteiger partial charge < -0.3 is 10.2 Å². The highest BCUT2D eigenvalue weighted by Gasteiger charge is 2.18. The molecular formula is C13H26N2O. The Hall–Kier alpha value is -0.730. The van der Waals surface area contributed by atoms with E-state index in [-0.39, 0.29) is 6.03 Å². The second-order valence-corrected chi connectivity index (χ2v) is 5.15. The van der Waals surface area contributed by atoms with Gasteiger partial charge in [-0.15, -0.1) is 0 Å². The Balaban J connectivity index is 2.26. The van der Waals surface area contributed by atoms with E-state index < -0.39 is 0 Å². The lowest BCUT2D eigenvalue weighted by molar-refractivity contribution is 0.181. The average Bonchev–Trinajstić information content (AvgIpc) is 2.29. The molecule has 3 heteroatoms. The number of carbonyl (C=O) groups is 1. The number of likely N-dealkylation sites (tertiary alicyclic amines) is 1. The van der Waals surface area contributed by atoms with Gasteiger partial charge in [0.2, 0.25) is 0 Å². The SMILES string of the molecule is CCC(C)CC(C)NC(=O)N1CCCCC1. The van der Waals surface area contributed by atoms with Crippen molar-refractivity contribution in [3.63, 3.8) is 0 Å². The van der Waals surface area contributed by atoms with E-state index in [9.17, 15) is 4.79 Å². The van der Waals surface area contributed by atoms with E-state index in [1.807, 2.05) is 4.90 Å². The first-order valence-electron chi connectivity index (χ1n) is 6.69. The van der Waals surface area contributed by atoms with Gasteiger partial charge in [-0.3, -0.25) is 0 Å². The molecule has 1 N–H and O–H groups in total. The third-order valence-corrected chi connectivity index (χ3v) is 3.47. The van der Waals surface area contributed by atoms with Crippen LogP contribution in [-0.2, 0) is 0 Å². The van der Waals surface area contributed by atoms with Crippen LogP contribution < -0.4 is 5.32 Å². The molecule has 0 aromatic carbocycles. The topological polar surface area (TPSA) is 32.3 Å². The molecule has 2 amide bonds. The van der Waals surface area contributed by atoms with Crippen LogP contribution in [0.25, 0.3) is 0 Å². The van der Waals surface area contributed by atoms with E-state index in [0.29, 0.717) is 12.0 Å². The smallest absolute Gasteiger partial charge is 0.317 e. The summed E-state index contributed by atoms with van der Waals surface area (Å²) in [5.41, 5.74) is 0. The van der Waals surface area contributed by atoms with Crippen molar-refractivity contribution in [2.24, 2.45) is 5.92 Å². The van der Waals surface area contributed by atoms with Crippen molar-refractivity contribution in [2.45, 2.75) is 58.9 Å². The molecule has 1 aliphatic heterocycles. The molecule has 1 heterocycles. The number of urea groups is 1. The van der Waals surface area contributed by atoms with Crippen LogP contribution in [0.5, 0.6) is 0 Å². The largest absolute Gasteiger partial charge is 0.336 e. The van der Waals surface area contributed by atoms with Gasteiger partial charge in [-0.05, 0) is 38.5 Å². The average molecular weight is 226 g/mol. The Morgan fingerprint density at radius 2 is 1.88 bits per heavy atom. The van der Waals surface area contributed by atoms with Gasteiger partial charge >= 0.3 is 6.03 Å². The lowest BCUT2D eigenvalue weighted by Gasteiger charge is -2.29. The molecule has 1 saturated heterocycles. The summed E-state index contributed by atoms with van der Waals surface area (Å²) in [6, 6.07) is 0.430. The van der Waals surface area contributed by atoms with E-state index in [1.54, 1.807) is 0 Å². The monoisotopic (exact) mass is 226 g/mol. The van der Waals surface area contributed by atoms with Crippen molar-refractivity contribution in [3.05, 3.63) is 0 Å². The number of amides is 2. The normalized spacial score (nSPS) is 20.3. The van der Waals surface area contributed by atoms with Crippen LogP contribution in [-0.4, -0.2) is 30.1 Å². The van der Waals surface area contributed by atoms with Crippen molar-refractivity contribution < 1.29 is 4.79 Å². The summed E-state index contributed by atoms with van der Waals surface area (Å²) in [6.45, 7) is 8.41. The molecule has 3 nitrogen and oxygen atoms in total. The minimum atomic E-state index is 0.135. The number of hydrogen-bond acceptors (Lipinski definition) is 1. The van der Waals surface area contributed by atoms with Gasteiger partial charge in [0, 0.05) is 19.1 Å². The lowest BCUT2D eigenvalue weighted by Crippen LogP contribution is -2.46. The van der Waals surface area contributed by atoms with Gasteiger partial charge in [0.15, 0.2) is 0 Å². The van der Waals surface area contributed by atoms with Crippen molar-refractivity contribution >= 4 is 6.03 Å². The molecule has 2 atom stereocenters. The van der Waals surface area contributed by atoms with Gasteiger partial charge in [0.05, 0.1) is 0 Å². The first kappa shape index (κ1) is 13.3. The molecule has 0 aliphatic carbocycles. The molecule has 1 aliphatic rings. The highest BCUT2D eigenvalue weighted by Crippen LogP contribution is 2.11. The number of hydrogen-bond donors (Lipinski definition) is 1. The molecule has 0 aromatic rings. The molecule has 0 saturated carbocycles. The lowest BCUT2D eigenvalue weighted by atomic mass is 10.0. The van der Waals surface area contributed by atoms with Gasteiger partial charge in [-0.25, -0.2) is 4.79 Å². The highest BCUT2D eigenvalue weighted by molar-refractivity contribution is 5.74. The molecule has 0 radical (unpaired) electrons. The van der Waals surface area contributed by atoms with Gasteiger partial charge in [-0.1, -0.05) is 20.3 Å². The fourth-order valence-electron chi connectivity index (χ4n) is 2.23. The van der Waals surface area contributed by atoms with Crippen LogP contribution in [0.3, 0.4) is 0 Å². The van der Waals surface area contributed by atoms with Crippen molar-refractivity contribution in [1.29, 1.82) is 0 Å². The molecule has 94 valence electrons. The second kappa shape index (κ2) is 6.77. The van der Waals surface area contributed by atoms with E-state index in [1.165, 1.54) is 12.8 Å². The maximum Gasteiger partial charge on any atom is 0.317 e. The van der Waals surface area contributed by atoms with E-state index in [0.717, 1.165) is 32.4 Å². The first-order valence-corrected chi connectivity index (χ1v) is 6.69. The molecule has 0 bridgehead atoms. The summed E-state index contributed by atoms with van der Waals surface area (Å²) in [6.07, 6.45) is 5.85.